The van der Waals surface area contributed by atoms with E-state index in [0.717, 1.165) is 42.9 Å². The van der Waals surface area contributed by atoms with Crippen LogP contribution >= 0.6 is 11.3 Å². The van der Waals surface area contributed by atoms with Gasteiger partial charge in [0.05, 0.1) is 17.6 Å². The van der Waals surface area contributed by atoms with Crippen LogP contribution in [-0.4, -0.2) is 42.0 Å². The predicted octanol–water partition coefficient (Wildman–Crippen LogP) is 2.56. The van der Waals surface area contributed by atoms with Crippen LogP contribution in [0.3, 0.4) is 0 Å². The maximum Gasteiger partial charge on any atom is 0.338 e. The Morgan fingerprint density at radius 3 is 2.67 bits per heavy atom. The minimum atomic E-state index is -0.754. The Labute approximate surface area is 158 Å². The third-order valence-electron chi connectivity index (χ3n) is 4.30. The Bertz CT molecular complexity index is 876. The SMILES string of the molecule is COC(=O)c1cc(C(=O)Nc2ncc(C3CCNCC3)s2)cc([N+](=O)[O-])c1. The number of nitro groups is 1. The van der Waals surface area contributed by atoms with Gasteiger partial charge in [0, 0.05) is 28.8 Å². The normalized spacial score (nSPS) is 14.6. The molecule has 0 radical (unpaired) electrons. The highest BCUT2D eigenvalue weighted by Gasteiger charge is 2.21. The molecule has 0 spiro atoms. The average molecular weight is 390 g/mol. The number of aromatic nitrogens is 1. The van der Waals surface area contributed by atoms with Crippen molar-refractivity contribution in [3.05, 3.63) is 50.5 Å². The van der Waals surface area contributed by atoms with Crippen molar-refractivity contribution in [1.82, 2.24) is 10.3 Å². The van der Waals surface area contributed by atoms with E-state index in [1.165, 1.54) is 24.5 Å². The second-order valence-corrected chi connectivity index (χ2v) is 7.13. The number of hydrogen-bond donors (Lipinski definition) is 2. The molecular formula is C17H18N4O5S. The lowest BCUT2D eigenvalue weighted by molar-refractivity contribution is -0.384. The van der Waals surface area contributed by atoms with E-state index in [-0.39, 0.29) is 16.8 Å². The summed E-state index contributed by atoms with van der Waals surface area (Å²) in [6.07, 6.45) is 3.79. The third kappa shape index (κ3) is 4.47. The summed E-state index contributed by atoms with van der Waals surface area (Å²) in [7, 11) is 1.17. The van der Waals surface area contributed by atoms with Crippen LogP contribution in [0.15, 0.2) is 24.4 Å². The van der Waals surface area contributed by atoms with Crippen LogP contribution in [0.4, 0.5) is 10.8 Å². The molecule has 0 unspecified atom stereocenters. The van der Waals surface area contributed by atoms with Gasteiger partial charge in [-0.15, -0.1) is 11.3 Å². The fraction of sp³-hybridized carbons (Fsp3) is 0.353. The number of non-ortho nitro benzene ring substituents is 1. The molecule has 1 aromatic carbocycles. The maximum atomic E-state index is 12.5. The van der Waals surface area contributed by atoms with Crippen LogP contribution in [-0.2, 0) is 4.74 Å². The summed E-state index contributed by atoms with van der Waals surface area (Å²) >= 11 is 1.39. The summed E-state index contributed by atoms with van der Waals surface area (Å²) in [5, 5.41) is 17.4. The number of nitrogens with one attached hydrogen (secondary N) is 2. The number of esters is 1. The zero-order chi connectivity index (χ0) is 19.4. The quantitative estimate of drug-likeness (QED) is 0.457. The summed E-state index contributed by atoms with van der Waals surface area (Å²) < 4.78 is 4.59. The number of carbonyl (C=O) groups excluding carboxylic acids is 2. The molecule has 2 N–H and O–H groups in total. The summed E-state index contributed by atoms with van der Waals surface area (Å²) in [6, 6.07) is 3.44. The summed E-state index contributed by atoms with van der Waals surface area (Å²) in [6.45, 7) is 1.91. The predicted molar refractivity (Wildman–Crippen MR) is 99.3 cm³/mol. The van der Waals surface area contributed by atoms with Crippen molar-refractivity contribution in [3.63, 3.8) is 0 Å². The molecule has 0 bridgehead atoms. The van der Waals surface area contributed by atoms with Gasteiger partial charge in [-0.3, -0.25) is 20.2 Å². The molecule has 0 aliphatic carbocycles. The molecule has 2 heterocycles. The Balaban J connectivity index is 1.79. The summed E-state index contributed by atoms with van der Waals surface area (Å²) in [5.74, 6) is -0.914. The van der Waals surface area contributed by atoms with Crippen molar-refractivity contribution in [3.8, 4) is 0 Å². The lowest BCUT2D eigenvalue weighted by Gasteiger charge is -2.20. The van der Waals surface area contributed by atoms with Crippen LogP contribution in [0.1, 0.15) is 44.4 Å². The van der Waals surface area contributed by atoms with Gasteiger partial charge in [0.1, 0.15) is 0 Å². The van der Waals surface area contributed by atoms with E-state index < -0.39 is 16.8 Å². The number of rotatable bonds is 5. The van der Waals surface area contributed by atoms with Gasteiger partial charge >= 0.3 is 5.97 Å². The number of benzene rings is 1. The first kappa shape index (κ1) is 18.9. The van der Waals surface area contributed by atoms with Crippen molar-refractivity contribution in [2.45, 2.75) is 18.8 Å². The van der Waals surface area contributed by atoms with Crippen molar-refractivity contribution in [2.24, 2.45) is 0 Å². The molecule has 10 heteroatoms. The Morgan fingerprint density at radius 2 is 2.00 bits per heavy atom. The number of nitrogens with zero attached hydrogens (tertiary/aromatic N) is 2. The van der Waals surface area contributed by atoms with Gasteiger partial charge in [0.25, 0.3) is 11.6 Å². The molecular weight excluding hydrogens is 372 g/mol. The average Bonchev–Trinajstić information content (AvgIpc) is 3.16. The first-order chi connectivity index (χ1) is 13.0. The third-order valence-corrected chi connectivity index (χ3v) is 5.37. The van der Waals surface area contributed by atoms with Crippen LogP contribution in [0.5, 0.6) is 0 Å². The van der Waals surface area contributed by atoms with Gasteiger partial charge in [-0.05, 0) is 37.9 Å². The Morgan fingerprint density at radius 1 is 1.30 bits per heavy atom. The first-order valence-corrected chi connectivity index (χ1v) is 9.15. The van der Waals surface area contributed by atoms with Gasteiger partial charge in [-0.2, -0.15) is 0 Å². The van der Waals surface area contributed by atoms with Gasteiger partial charge < -0.3 is 10.1 Å². The van der Waals surface area contributed by atoms with Gasteiger partial charge in [-0.1, -0.05) is 0 Å². The molecule has 1 aliphatic rings. The van der Waals surface area contributed by atoms with Crippen molar-refractivity contribution < 1.29 is 19.2 Å². The number of methoxy groups -OCH3 is 1. The minimum absolute atomic E-state index is 0.0109. The molecule has 1 aliphatic heterocycles. The molecule has 9 nitrogen and oxygen atoms in total. The second-order valence-electron chi connectivity index (χ2n) is 6.06. The number of hydrogen-bond acceptors (Lipinski definition) is 8. The molecule has 3 rings (SSSR count). The van der Waals surface area contributed by atoms with E-state index >= 15 is 0 Å². The fourth-order valence-corrected chi connectivity index (χ4v) is 3.87. The number of amides is 1. The number of piperidine rings is 1. The maximum absolute atomic E-state index is 12.5. The number of thiazole rings is 1. The van der Waals surface area contributed by atoms with E-state index in [9.17, 15) is 19.7 Å². The minimum Gasteiger partial charge on any atom is -0.465 e. The number of anilines is 1. The first-order valence-electron chi connectivity index (χ1n) is 8.33. The van der Waals surface area contributed by atoms with Crippen LogP contribution in [0.2, 0.25) is 0 Å². The second kappa shape index (κ2) is 8.23. The number of ether oxygens (including phenoxy) is 1. The molecule has 1 aromatic heterocycles. The Kier molecular flexibility index (Phi) is 5.77. The van der Waals surface area contributed by atoms with E-state index in [2.05, 4.69) is 20.4 Å². The van der Waals surface area contributed by atoms with Gasteiger partial charge in [-0.25, -0.2) is 9.78 Å². The fourth-order valence-electron chi connectivity index (χ4n) is 2.89. The number of carbonyl (C=O) groups is 2. The van der Waals surface area contributed by atoms with Gasteiger partial charge in [0.2, 0.25) is 0 Å². The molecule has 1 fully saturated rings. The molecule has 1 saturated heterocycles. The topological polar surface area (TPSA) is 123 Å². The highest BCUT2D eigenvalue weighted by molar-refractivity contribution is 7.15. The molecule has 1 amide bonds. The van der Waals surface area contributed by atoms with Crippen molar-refractivity contribution >= 4 is 34.0 Å². The Hall–Kier alpha value is -2.85. The van der Waals surface area contributed by atoms with E-state index in [1.54, 1.807) is 6.20 Å². The standard InChI is InChI=1S/C17H18N4O5S/c1-26-16(23)12-6-11(7-13(8-12)21(24)25)15(22)20-17-19-9-14(27-17)10-2-4-18-5-3-10/h6-10,18H,2-5H2,1H3,(H,19,20,22). The van der Waals surface area contributed by atoms with E-state index in [0.29, 0.717) is 11.0 Å². The van der Waals surface area contributed by atoms with E-state index in [1.807, 2.05) is 0 Å². The largest absolute Gasteiger partial charge is 0.465 e. The van der Waals surface area contributed by atoms with Gasteiger partial charge in [0.15, 0.2) is 5.13 Å². The smallest absolute Gasteiger partial charge is 0.338 e. The zero-order valence-electron chi connectivity index (χ0n) is 14.6. The monoisotopic (exact) mass is 390 g/mol. The molecule has 142 valence electrons. The van der Waals surface area contributed by atoms with Crippen molar-refractivity contribution in [2.75, 3.05) is 25.5 Å². The molecule has 0 saturated carbocycles. The van der Waals surface area contributed by atoms with Crippen molar-refractivity contribution in [1.29, 1.82) is 0 Å². The zero-order valence-corrected chi connectivity index (χ0v) is 15.4. The molecule has 27 heavy (non-hydrogen) atoms. The number of nitro benzene ring substituents is 1. The highest BCUT2D eigenvalue weighted by Crippen LogP contribution is 2.32. The molecule has 2 aromatic rings. The van der Waals surface area contributed by atoms with E-state index in [4.69, 9.17) is 0 Å². The highest BCUT2D eigenvalue weighted by atomic mass is 32.1. The van der Waals surface area contributed by atoms with Crippen LogP contribution < -0.4 is 10.6 Å². The van der Waals surface area contributed by atoms with Crippen LogP contribution in [0, 0.1) is 10.1 Å². The van der Waals surface area contributed by atoms with Crippen LogP contribution in [0.25, 0.3) is 0 Å². The summed E-state index contributed by atoms with van der Waals surface area (Å²) in [5.41, 5.74) is -0.438. The molecule has 0 atom stereocenters. The lowest BCUT2D eigenvalue weighted by Crippen LogP contribution is -2.26. The summed E-state index contributed by atoms with van der Waals surface area (Å²) in [4.78, 5) is 40.0. The lowest BCUT2D eigenvalue weighted by atomic mass is 9.97.